The number of hydrogen-bond donors (Lipinski definition) is 1. The molecular formula is C21H21N5O2S. The maximum atomic E-state index is 12.2. The molecule has 0 aliphatic rings. The Bertz CT molecular complexity index is 1150. The normalized spacial score (nSPS) is 11.0. The van der Waals surface area contributed by atoms with Crippen molar-refractivity contribution in [2.24, 2.45) is 0 Å². The lowest BCUT2D eigenvalue weighted by molar-refractivity contribution is 0.0827. The summed E-state index contributed by atoms with van der Waals surface area (Å²) in [5, 5.41) is 15.6. The summed E-state index contributed by atoms with van der Waals surface area (Å²) in [6.07, 6.45) is 1.85. The number of fused-ring (bicyclic) bond motifs is 1. The Labute approximate surface area is 172 Å². The van der Waals surface area contributed by atoms with E-state index in [1.165, 1.54) is 11.3 Å². The van der Waals surface area contributed by atoms with Crippen LogP contribution in [0.3, 0.4) is 0 Å². The molecule has 0 saturated heterocycles. The second-order valence-corrected chi connectivity index (χ2v) is 7.69. The van der Waals surface area contributed by atoms with E-state index in [1.807, 2.05) is 48.4 Å². The number of amides is 1. The molecule has 2 heterocycles. The average molecular weight is 407 g/mol. The number of benzene rings is 2. The Balaban J connectivity index is 1.68. The Morgan fingerprint density at radius 2 is 1.97 bits per heavy atom. The van der Waals surface area contributed by atoms with Gasteiger partial charge in [0.15, 0.2) is 0 Å². The fourth-order valence-electron chi connectivity index (χ4n) is 3.11. The van der Waals surface area contributed by atoms with Gasteiger partial charge in [0, 0.05) is 31.8 Å². The number of para-hydroxylation sites is 2. The zero-order chi connectivity index (χ0) is 20.5. The van der Waals surface area contributed by atoms with Crippen molar-refractivity contribution in [3.63, 3.8) is 0 Å². The van der Waals surface area contributed by atoms with E-state index in [0.717, 1.165) is 21.3 Å². The predicted octanol–water partition coefficient (Wildman–Crippen LogP) is 4.02. The number of rotatable bonds is 5. The van der Waals surface area contributed by atoms with E-state index in [9.17, 15) is 9.90 Å². The minimum atomic E-state index is -0.0467. The van der Waals surface area contributed by atoms with Gasteiger partial charge in [-0.05, 0) is 31.2 Å². The first-order chi connectivity index (χ1) is 14.0. The molecule has 0 aliphatic heterocycles. The standard InChI is InChI=1S/C21H21N5O2S/c1-4-25(17-10-5-6-11-18(17)27)21-23-26-13-16(22-20(26)29-21)14-8-7-9-15(12-14)19(28)24(2)3/h5-13,27H,4H2,1-3H3. The number of anilines is 2. The third kappa shape index (κ3) is 3.54. The predicted molar refractivity (Wildman–Crippen MR) is 115 cm³/mol. The number of carbonyl (C=O) groups excluding carboxylic acids is 1. The van der Waals surface area contributed by atoms with Crippen LogP contribution in [0.4, 0.5) is 10.8 Å². The number of nitrogens with zero attached hydrogens (tertiary/aromatic N) is 5. The molecule has 2 aromatic heterocycles. The van der Waals surface area contributed by atoms with Crippen LogP contribution >= 0.6 is 11.3 Å². The van der Waals surface area contributed by atoms with Gasteiger partial charge < -0.3 is 14.9 Å². The Kier molecular flexibility index (Phi) is 4.94. The van der Waals surface area contributed by atoms with Crippen LogP contribution in [0.1, 0.15) is 17.3 Å². The van der Waals surface area contributed by atoms with Crippen LogP contribution in [-0.2, 0) is 0 Å². The molecule has 0 saturated carbocycles. The number of aromatic nitrogens is 3. The van der Waals surface area contributed by atoms with Crippen LogP contribution in [0.2, 0.25) is 0 Å². The van der Waals surface area contributed by atoms with Gasteiger partial charge in [0.1, 0.15) is 5.75 Å². The van der Waals surface area contributed by atoms with Gasteiger partial charge in [-0.1, -0.05) is 35.6 Å². The van der Waals surface area contributed by atoms with Crippen molar-refractivity contribution < 1.29 is 9.90 Å². The molecule has 1 amide bonds. The topological polar surface area (TPSA) is 74.0 Å². The van der Waals surface area contributed by atoms with Crippen molar-refractivity contribution in [2.45, 2.75) is 6.92 Å². The number of phenols is 1. The molecule has 0 unspecified atom stereocenters. The minimum Gasteiger partial charge on any atom is -0.506 e. The van der Waals surface area contributed by atoms with Gasteiger partial charge in [-0.25, -0.2) is 9.50 Å². The molecule has 29 heavy (non-hydrogen) atoms. The zero-order valence-corrected chi connectivity index (χ0v) is 17.2. The molecule has 0 atom stereocenters. The van der Waals surface area contributed by atoms with Crippen molar-refractivity contribution >= 4 is 33.0 Å². The smallest absolute Gasteiger partial charge is 0.253 e. The van der Waals surface area contributed by atoms with Gasteiger partial charge in [-0.2, -0.15) is 0 Å². The van der Waals surface area contributed by atoms with E-state index in [-0.39, 0.29) is 11.7 Å². The highest BCUT2D eigenvalue weighted by Gasteiger charge is 2.18. The number of phenolic OH excluding ortho intramolecular Hbond substituents is 1. The van der Waals surface area contributed by atoms with E-state index < -0.39 is 0 Å². The molecule has 4 aromatic rings. The molecule has 4 rings (SSSR count). The van der Waals surface area contributed by atoms with Gasteiger partial charge in [0.05, 0.1) is 17.6 Å². The molecule has 148 valence electrons. The maximum absolute atomic E-state index is 12.2. The number of imidazole rings is 1. The zero-order valence-electron chi connectivity index (χ0n) is 16.4. The van der Waals surface area contributed by atoms with E-state index >= 15 is 0 Å². The molecular weight excluding hydrogens is 386 g/mol. The second kappa shape index (κ2) is 7.56. The fraction of sp³-hybridized carbons (Fsp3) is 0.190. The largest absolute Gasteiger partial charge is 0.506 e. The van der Waals surface area contributed by atoms with Crippen molar-refractivity contribution in [1.82, 2.24) is 19.5 Å². The number of carbonyl (C=O) groups is 1. The maximum Gasteiger partial charge on any atom is 0.253 e. The monoisotopic (exact) mass is 407 g/mol. The van der Waals surface area contributed by atoms with E-state index in [4.69, 9.17) is 0 Å². The highest BCUT2D eigenvalue weighted by molar-refractivity contribution is 7.20. The molecule has 2 aromatic carbocycles. The molecule has 0 aliphatic carbocycles. The SMILES string of the molecule is CCN(c1nn2cc(-c3cccc(C(=O)N(C)C)c3)nc2s1)c1ccccc1O. The summed E-state index contributed by atoms with van der Waals surface area (Å²) in [5.74, 6) is 0.166. The van der Waals surface area contributed by atoms with Crippen LogP contribution < -0.4 is 4.90 Å². The van der Waals surface area contributed by atoms with Crippen molar-refractivity contribution in [3.05, 3.63) is 60.3 Å². The van der Waals surface area contributed by atoms with Gasteiger partial charge >= 0.3 is 0 Å². The Morgan fingerprint density at radius 1 is 1.17 bits per heavy atom. The highest BCUT2D eigenvalue weighted by Crippen LogP contribution is 2.35. The molecule has 7 nitrogen and oxygen atoms in total. The fourth-order valence-corrected chi connectivity index (χ4v) is 4.07. The number of hydrogen-bond acceptors (Lipinski definition) is 6. The van der Waals surface area contributed by atoms with Crippen molar-refractivity contribution in [1.29, 1.82) is 0 Å². The Morgan fingerprint density at radius 3 is 2.66 bits per heavy atom. The van der Waals surface area contributed by atoms with Gasteiger partial charge in [0.25, 0.3) is 5.91 Å². The van der Waals surface area contributed by atoms with Gasteiger partial charge in [0.2, 0.25) is 10.1 Å². The summed E-state index contributed by atoms with van der Waals surface area (Å²) in [4.78, 5) is 21.2. The van der Waals surface area contributed by atoms with Crippen LogP contribution in [0, 0.1) is 0 Å². The van der Waals surface area contributed by atoms with E-state index in [2.05, 4.69) is 10.1 Å². The molecule has 0 spiro atoms. The van der Waals surface area contributed by atoms with Crippen molar-refractivity contribution in [3.8, 4) is 17.0 Å². The first kappa shape index (κ1) is 18.9. The van der Waals surface area contributed by atoms with E-state index in [1.54, 1.807) is 41.7 Å². The quantitative estimate of drug-likeness (QED) is 0.541. The third-order valence-electron chi connectivity index (χ3n) is 4.56. The lowest BCUT2D eigenvalue weighted by atomic mass is 10.1. The van der Waals surface area contributed by atoms with Gasteiger partial charge in [-0.3, -0.25) is 4.79 Å². The van der Waals surface area contributed by atoms with Crippen LogP contribution in [0.15, 0.2) is 54.7 Å². The second-order valence-electron chi connectivity index (χ2n) is 6.75. The first-order valence-electron chi connectivity index (χ1n) is 9.21. The van der Waals surface area contributed by atoms with Crippen LogP contribution in [-0.4, -0.2) is 51.2 Å². The number of aromatic hydroxyl groups is 1. The molecule has 0 bridgehead atoms. The molecule has 0 radical (unpaired) electrons. The van der Waals surface area contributed by atoms with Crippen LogP contribution in [0.25, 0.3) is 16.2 Å². The van der Waals surface area contributed by atoms with Crippen molar-refractivity contribution in [2.75, 3.05) is 25.5 Å². The first-order valence-corrected chi connectivity index (χ1v) is 10.0. The average Bonchev–Trinajstić information content (AvgIpc) is 3.29. The van der Waals surface area contributed by atoms with E-state index in [0.29, 0.717) is 17.8 Å². The summed E-state index contributed by atoms with van der Waals surface area (Å²) >= 11 is 1.44. The summed E-state index contributed by atoms with van der Waals surface area (Å²) in [5.41, 5.74) is 2.95. The van der Waals surface area contributed by atoms with Crippen LogP contribution in [0.5, 0.6) is 5.75 Å². The van der Waals surface area contributed by atoms with Gasteiger partial charge in [-0.15, -0.1) is 5.10 Å². The third-order valence-corrected chi connectivity index (χ3v) is 5.51. The lowest BCUT2D eigenvalue weighted by Gasteiger charge is -2.20. The molecule has 1 N–H and O–H groups in total. The molecule has 8 heteroatoms. The summed E-state index contributed by atoms with van der Waals surface area (Å²) in [6, 6.07) is 14.6. The highest BCUT2D eigenvalue weighted by atomic mass is 32.1. The minimum absolute atomic E-state index is 0.0467. The Hall–Kier alpha value is -3.39. The lowest BCUT2D eigenvalue weighted by Crippen LogP contribution is -2.21. The summed E-state index contributed by atoms with van der Waals surface area (Å²) in [6.45, 7) is 2.67. The molecule has 0 fully saturated rings. The summed E-state index contributed by atoms with van der Waals surface area (Å²) < 4.78 is 1.73. The summed E-state index contributed by atoms with van der Waals surface area (Å²) in [7, 11) is 3.47.